The highest BCUT2D eigenvalue weighted by Crippen LogP contribution is 2.54. The first-order valence-electron chi connectivity index (χ1n) is 10.2. The maximum absolute atomic E-state index is 13.1. The molecule has 5 heteroatoms. The van der Waals surface area contributed by atoms with Crippen LogP contribution >= 0.6 is 0 Å². The Labute approximate surface area is 170 Å². The zero-order valence-electron chi connectivity index (χ0n) is 17.0. The molecule has 5 nitrogen and oxygen atoms in total. The van der Waals surface area contributed by atoms with Crippen LogP contribution in [-0.4, -0.2) is 16.1 Å². The van der Waals surface area contributed by atoms with Crippen LogP contribution in [0.4, 0.5) is 5.69 Å². The molecule has 2 aromatic carbocycles. The van der Waals surface area contributed by atoms with Crippen molar-refractivity contribution in [3.05, 3.63) is 65.4 Å². The van der Waals surface area contributed by atoms with Gasteiger partial charge >= 0.3 is 0 Å². The van der Waals surface area contributed by atoms with Crippen LogP contribution in [0.2, 0.25) is 0 Å². The van der Waals surface area contributed by atoms with Crippen molar-refractivity contribution in [2.75, 3.05) is 5.32 Å². The van der Waals surface area contributed by atoms with E-state index in [4.69, 9.17) is 4.74 Å². The molecule has 1 spiro atoms. The Balaban J connectivity index is 1.49. The molecule has 3 aromatic rings. The van der Waals surface area contributed by atoms with Gasteiger partial charge in [-0.05, 0) is 54.5 Å². The first kappa shape index (κ1) is 18.0. The predicted octanol–water partition coefficient (Wildman–Crippen LogP) is 5.40. The van der Waals surface area contributed by atoms with Gasteiger partial charge in [0.2, 0.25) is 0 Å². The van der Waals surface area contributed by atoms with E-state index < -0.39 is 5.60 Å². The Morgan fingerprint density at radius 1 is 1.10 bits per heavy atom. The van der Waals surface area contributed by atoms with Gasteiger partial charge in [0.05, 0.1) is 5.56 Å². The Bertz CT molecular complexity index is 1090. The number of ether oxygens (including phenoxy) is 1. The highest BCUT2D eigenvalue weighted by atomic mass is 16.5. The molecule has 2 heterocycles. The number of amides is 1. The number of nitrogens with zero attached hydrogens (tertiary/aromatic N) is 1. The van der Waals surface area contributed by atoms with Gasteiger partial charge in [-0.25, -0.2) is 0 Å². The Kier molecular flexibility index (Phi) is 3.85. The number of hydrogen-bond donors (Lipinski definition) is 2. The Morgan fingerprint density at radius 2 is 1.83 bits per heavy atom. The van der Waals surface area contributed by atoms with Crippen LogP contribution in [0.3, 0.4) is 0 Å². The monoisotopic (exact) mass is 387 g/mol. The smallest absolute Gasteiger partial charge is 0.274 e. The highest BCUT2D eigenvalue weighted by Gasteiger charge is 2.49. The number of H-pyrrole nitrogens is 1. The van der Waals surface area contributed by atoms with Crippen LogP contribution in [0.15, 0.2) is 48.5 Å². The predicted molar refractivity (Wildman–Crippen MR) is 113 cm³/mol. The Hall–Kier alpha value is -3.08. The molecule has 0 bridgehead atoms. The van der Waals surface area contributed by atoms with Crippen LogP contribution in [0, 0.1) is 0 Å². The van der Waals surface area contributed by atoms with Gasteiger partial charge in [0.25, 0.3) is 5.91 Å². The molecule has 2 N–H and O–H groups in total. The van der Waals surface area contributed by atoms with Gasteiger partial charge in [-0.15, -0.1) is 0 Å². The number of aromatic amines is 1. The molecular formula is C24H25N3O2. The minimum absolute atomic E-state index is 0.0757. The number of benzene rings is 2. The topological polar surface area (TPSA) is 67.0 Å². The molecule has 1 fully saturated rings. The van der Waals surface area contributed by atoms with Crippen LogP contribution < -0.4 is 10.1 Å². The van der Waals surface area contributed by atoms with Gasteiger partial charge in [-0.2, -0.15) is 5.10 Å². The van der Waals surface area contributed by atoms with Crippen molar-refractivity contribution in [2.45, 2.75) is 51.0 Å². The van der Waals surface area contributed by atoms with Crippen molar-refractivity contribution < 1.29 is 9.53 Å². The van der Waals surface area contributed by atoms with E-state index in [2.05, 4.69) is 48.4 Å². The van der Waals surface area contributed by atoms with Crippen molar-refractivity contribution >= 4 is 11.6 Å². The van der Waals surface area contributed by atoms with Gasteiger partial charge in [-0.3, -0.25) is 9.89 Å². The fourth-order valence-electron chi connectivity index (χ4n) is 4.25. The van der Waals surface area contributed by atoms with Crippen molar-refractivity contribution in [1.29, 1.82) is 0 Å². The van der Waals surface area contributed by atoms with E-state index in [1.807, 2.05) is 36.4 Å². The molecule has 148 valence electrons. The van der Waals surface area contributed by atoms with E-state index in [1.165, 1.54) is 5.56 Å². The third-order valence-electron chi connectivity index (χ3n) is 6.07. The van der Waals surface area contributed by atoms with Gasteiger partial charge in [0.15, 0.2) is 0 Å². The summed E-state index contributed by atoms with van der Waals surface area (Å²) in [5.74, 6) is 0.660. The summed E-state index contributed by atoms with van der Waals surface area (Å²) in [6.45, 7) is 6.52. The molecule has 1 saturated carbocycles. The van der Waals surface area contributed by atoms with Gasteiger partial charge < -0.3 is 10.1 Å². The van der Waals surface area contributed by atoms with E-state index in [1.54, 1.807) is 0 Å². The molecule has 1 aliphatic carbocycles. The minimum atomic E-state index is -0.445. The van der Waals surface area contributed by atoms with Crippen molar-refractivity contribution in [1.82, 2.24) is 10.2 Å². The number of aromatic nitrogens is 2. The third-order valence-corrected chi connectivity index (χ3v) is 6.07. The van der Waals surface area contributed by atoms with Crippen LogP contribution in [-0.2, 0) is 11.0 Å². The quantitative estimate of drug-likeness (QED) is 0.619. The molecule has 29 heavy (non-hydrogen) atoms. The SMILES string of the molecule is CC(C)(C)c1ccc(NC(=O)c2[nH]nc3c2C2(CCC2)Oc2ccccc2-3)cc1. The second-order valence-corrected chi connectivity index (χ2v) is 9.05. The summed E-state index contributed by atoms with van der Waals surface area (Å²) in [5.41, 5.74) is 4.79. The van der Waals surface area contributed by atoms with E-state index in [0.717, 1.165) is 47.5 Å². The average molecular weight is 387 g/mol. The number of anilines is 1. The van der Waals surface area contributed by atoms with Crippen molar-refractivity contribution in [3.63, 3.8) is 0 Å². The number of fused-ring (bicyclic) bond motifs is 4. The largest absolute Gasteiger partial charge is 0.482 e. The molecule has 0 radical (unpaired) electrons. The highest BCUT2D eigenvalue weighted by molar-refractivity contribution is 6.05. The van der Waals surface area contributed by atoms with Crippen molar-refractivity contribution in [3.8, 4) is 17.0 Å². The van der Waals surface area contributed by atoms with Crippen LogP contribution in [0.1, 0.15) is 61.6 Å². The molecule has 5 rings (SSSR count). The summed E-state index contributed by atoms with van der Waals surface area (Å²) in [6.07, 6.45) is 2.88. The lowest BCUT2D eigenvalue weighted by Gasteiger charge is -2.45. The summed E-state index contributed by atoms with van der Waals surface area (Å²) in [7, 11) is 0. The number of carbonyl (C=O) groups is 1. The average Bonchev–Trinajstić information content (AvgIpc) is 3.12. The molecular weight excluding hydrogens is 362 g/mol. The molecule has 0 unspecified atom stereocenters. The van der Waals surface area contributed by atoms with Gasteiger partial charge in [-0.1, -0.05) is 45.0 Å². The minimum Gasteiger partial charge on any atom is -0.482 e. The zero-order valence-corrected chi connectivity index (χ0v) is 17.0. The van der Waals surface area contributed by atoms with E-state index in [0.29, 0.717) is 5.69 Å². The summed E-state index contributed by atoms with van der Waals surface area (Å²) >= 11 is 0. The normalized spacial score (nSPS) is 16.4. The fraction of sp³-hybridized carbons (Fsp3) is 0.333. The maximum Gasteiger partial charge on any atom is 0.274 e. The lowest BCUT2D eigenvalue weighted by molar-refractivity contribution is -0.0149. The molecule has 1 aliphatic heterocycles. The summed E-state index contributed by atoms with van der Waals surface area (Å²) in [4.78, 5) is 13.1. The lowest BCUT2D eigenvalue weighted by atomic mass is 9.71. The molecule has 0 saturated heterocycles. The Morgan fingerprint density at radius 3 is 2.48 bits per heavy atom. The zero-order chi connectivity index (χ0) is 20.2. The van der Waals surface area contributed by atoms with E-state index in [9.17, 15) is 4.79 Å². The molecule has 1 aromatic heterocycles. The summed E-state index contributed by atoms with van der Waals surface area (Å²) in [5, 5.41) is 10.5. The number of para-hydroxylation sites is 1. The van der Waals surface area contributed by atoms with E-state index >= 15 is 0 Å². The van der Waals surface area contributed by atoms with Gasteiger partial charge in [0.1, 0.15) is 22.7 Å². The number of carbonyl (C=O) groups excluding carboxylic acids is 1. The van der Waals surface area contributed by atoms with Crippen molar-refractivity contribution in [2.24, 2.45) is 0 Å². The maximum atomic E-state index is 13.1. The van der Waals surface area contributed by atoms with E-state index in [-0.39, 0.29) is 11.3 Å². The third kappa shape index (κ3) is 2.84. The molecule has 2 aliphatic rings. The van der Waals surface area contributed by atoms with Gasteiger partial charge in [0, 0.05) is 11.3 Å². The second kappa shape index (κ2) is 6.21. The number of hydrogen-bond acceptors (Lipinski definition) is 3. The number of rotatable bonds is 2. The number of nitrogens with one attached hydrogen (secondary N) is 2. The lowest BCUT2D eigenvalue weighted by Crippen LogP contribution is -2.43. The summed E-state index contributed by atoms with van der Waals surface area (Å²) in [6, 6.07) is 15.9. The second-order valence-electron chi connectivity index (χ2n) is 9.05. The molecule has 1 amide bonds. The molecule has 0 atom stereocenters. The fourth-order valence-corrected chi connectivity index (χ4v) is 4.25. The first-order valence-corrected chi connectivity index (χ1v) is 10.2. The van der Waals surface area contributed by atoms with Crippen LogP contribution in [0.5, 0.6) is 5.75 Å². The first-order chi connectivity index (χ1) is 13.9. The summed E-state index contributed by atoms with van der Waals surface area (Å²) < 4.78 is 6.39. The van der Waals surface area contributed by atoms with Crippen LogP contribution in [0.25, 0.3) is 11.3 Å². The standard InChI is InChI=1S/C24H25N3O2/c1-23(2,3)15-9-11-16(12-10-15)25-22(28)21-19-20(26-27-21)17-7-4-5-8-18(17)29-24(19)13-6-14-24/h4-5,7-12H,6,13-14H2,1-3H3,(H,25,28)(H,26,27).